The van der Waals surface area contributed by atoms with Crippen molar-refractivity contribution in [3.8, 4) is 5.75 Å². The number of benzene rings is 1. The molecule has 1 rings (SSSR count). The van der Waals surface area contributed by atoms with Gasteiger partial charge >= 0.3 is 21.6 Å². The fourth-order valence-electron chi connectivity index (χ4n) is 1.51. The van der Waals surface area contributed by atoms with Crippen molar-refractivity contribution < 1.29 is 40.4 Å². The van der Waals surface area contributed by atoms with E-state index in [1.807, 2.05) is 0 Å². The van der Waals surface area contributed by atoms with Crippen LogP contribution in [-0.4, -0.2) is 37.7 Å². The average Bonchev–Trinajstić information content (AvgIpc) is 2.36. The Balaban J connectivity index is 3.04. The Morgan fingerprint density at radius 2 is 1.91 bits per heavy atom. The molecule has 1 aromatic carbocycles. The van der Waals surface area contributed by atoms with E-state index in [1.54, 1.807) is 0 Å². The molecule has 0 amide bonds. The van der Waals surface area contributed by atoms with Gasteiger partial charge in [-0.2, -0.15) is 21.6 Å². The Kier molecular flexibility index (Phi) is 5.08. The van der Waals surface area contributed by atoms with Crippen LogP contribution in [0.3, 0.4) is 0 Å². The molecule has 0 spiro atoms. The van der Waals surface area contributed by atoms with Crippen molar-refractivity contribution >= 4 is 16.1 Å². The molecule has 0 aliphatic heterocycles. The van der Waals surface area contributed by atoms with E-state index in [0.29, 0.717) is 0 Å². The van der Waals surface area contributed by atoms with Gasteiger partial charge < -0.3 is 14.0 Å². The molecule has 1 aromatic rings. The molecule has 0 aliphatic carbocycles. The summed E-state index contributed by atoms with van der Waals surface area (Å²) in [7, 11) is -4.61. The van der Waals surface area contributed by atoms with Crippen LogP contribution in [0.15, 0.2) is 24.3 Å². The van der Waals surface area contributed by atoms with Crippen LogP contribution in [0.5, 0.6) is 5.75 Å². The summed E-state index contributed by atoms with van der Waals surface area (Å²) in [5.74, 6) is -1.84. The number of rotatable bonds is 6. The van der Waals surface area contributed by atoms with Crippen molar-refractivity contribution in [2.24, 2.45) is 0 Å². The largest absolute Gasteiger partial charge is 0.534 e. The number of carboxylic acids is 1. The van der Waals surface area contributed by atoms with Crippen molar-refractivity contribution in [2.75, 3.05) is 7.11 Å². The molecule has 0 heterocycles. The topological polar surface area (TPSA) is 89.9 Å². The lowest BCUT2D eigenvalue weighted by Gasteiger charge is -2.23. The Labute approximate surface area is 124 Å². The van der Waals surface area contributed by atoms with Gasteiger partial charge in [-0.3, -0.25) is 0 Å². The minimum Gasteiger partial charge on any atom is -0.479 e. The van der Waals surface area contributed by atoms with E-state index in [2.05, 4.69) is 4.18 Å². The van der Waals surface area contributed by atoms with Crippen molar-refractivity contribution in [1.82, 2.24) is 0 Å². The Bertz CT molecular complexity index is 655. The highest BCUT2D eigenvalue weighted by atomic mass is 32.2. The summed E-state index contributed by atoms with van der Waals surface area (Å²) in [4.78, 5) is 11.1. The zero-order chi connectivity index (χ0) is 17.2. The fourth-order valence-corrected chi connectivity index (χ4v) is 1.96. The number of aliphatic carboxylic acids is 1. The molecular formula is C12H13F3O6S. The lowest BCUT2D eigenvalue weighted by molar-refractivity contribution is -0.159. The summed E-state index contributed by atoms with van der Waals surface area (Å²) in [5, 5.41) is 9.06. The Morgan fingerprint density at radius 3 is 2.36 bits per heavy atom. The predicted molar refractivity (Wildman–Crippen MR) is 68.8 cm³/mol. The quantitative estimate of drug-likeness (QED) is 0.628. The molecule has 0 saturated heterocycles. The van der Waals surface area contributed by atoms with E-state index in [9.17, 15) is 26.4 Å². The second-order valence-electron chi connectivity index (χ2n) is 4.55. The number of hydrogen-bond acceptors (Lipinski definition) is 5. The maximum absolute atomic E-state index is 12.2. The molecule has 0 saturated carbocycles. The molecule has 0 radical (unpaired) electrons. The minimum absolute atomic E-state index is 0.192. The summed E-state index contributed by atoms with van der Waals surface area (Å²) in [6.45, 7) is 1.27. The summed E-state index contributed by atoms with van der Waals surface area (Å²) in [6.07, 6.45) is -0.192. The van der Waals surface area contributed by atoms with E-state index in [-0.39, 0.29) is 12.0 Å². The number of alkyl halides is 3. The van der Waals surface area contributed by atoms with Crippen LogP contribution >= 0.6 is 0 Å². The van der Waals surface area contributed by atoms with Crippen LogP contribution in [0.2, 0.25) is 0 Å². The average molecular weight is 342 g/mol. The molecule has 0 aromatic heterocycles. The normalized spacial score (nSPS) is 15.1. The number of hydrogen-bond donors (Lipinski definition) is 1. The van der Waals surface area contributed by atoms with Crippen LogP contribution < -0.4 is 4.18 Å². The lowest BCUT2D eigenvalue weighted by atomic mass is 9.96. The highest BCUT2D eigenvalue weighted by molar-refractivity contribution is 7.87. The first-order valence-corrected chi connectivity index (χ1v) is 7.20. The molecule has 0 fully saturated rings. The second kappa shape index (κ2) is 6.13. The van der Waals surface area contributed by atoms with Crippen LogP contribution in [0, 0.1) is 0 Å². The zero-order valence-electron chi connectivity index (χ0n) is 11.5. The van der Waals surface area contributed by atoms with Crippen LogP contribution in [0.4, 0.5) is 13.2 Å². The molecule has 22 heavy (non-hydrogen) atoms. The first-order valence-electron chi connectivity index (χ1n) is 5.79. The summed E-state index contributed by atoms with van der Waals surface area (Å²) < 4.78 is 67.4. The summed E-state index contributed by atoms with van der Waals surface area (Å²) in [6, 6.07) is 4.67. The molecule has 0 bridgehead atoms. The maximum Gasteiger partial charge on any atom is 0.534 e. The summed E-state index contributed by atoms with van der Waals surface area (Å²) >= 11 is 0. The van der Waals surface area contributed by atoms with E-state index in [1.165, 1.54) is 26.2 Å². The molecule has 1 unspecified atom stereocenters. The predicted octanol–water partition coefficient (Wildman–Crippen LogP) is 1.95. The van der Waals surface area contributed by atoms with Gasteiger partial charge in [0, 0.05) is 13.5 Å². The van der Waals surface area contributed by atoms with Crippen molar-refractivity contribution in [1.29, 1.82) is 0 Å². The van der Waals surface area contributed by atoms with Crippen molar-refractivity contribution in [3.63, 3.8) is 0 Å². The van der Waals surface area contributed by atoms with E-state index < -0.39 is 32.9 Å². The van der Waals surface area contributed by atoms with Gasteiger partial charge in [-0.25, -0.2) is 4.79 Å². The van der Waals surface area contributed by atoms with Gasteiger partial charge in [0.25, 0.3) is 0 Å². The Morgan fingerprint density at radius 1 is 1.32 bits per heavy atom. The smallest absolute Gasteiger partial charge is 0.479 e. The second-order valence-corrected chi connectivity index (χ2v) is 6.09. The third-order valence-electron chi connectivity index (χ3n) is 2.83. The van der Waals surface area contributed by atoms with E-state index in [4.69, 9.17) is 9.84 Å². The highest BCUT2D eigenvalue weighted by Gasteiger charge is 2.48. The van der Waals surface area contributed by atoms with E-state index >= 15 is 0 Å². The van der Waals surface area contributed by atoms with E-state index in [0.717, 1.165) is 12.1 Å². The first-order chi connectivity index (χ1) is 9.91. The van der Waals surface area contributed by atoms with Crippen LogP contribution in [0.25, 0.3) is 0 Å². The van der Waals surface area contributed by atoms with Gasteiger partial charge in [-0.15, -0.1) is 0 Å². The zero-order valence-corrected chi connectivity index (χ0v) is 12.4. The monoisotopic (exact) mass is 342 g/mol. The first kappa shape index (κ1) is 18.2. The van der Waals surface area contributed by atoms with Crippen LogP contribution in [0.1, 0.15) is 12.5 Å². The fraction of sp³-hybridized carbons (Fsp3) is 0.417. The number of halogens is 3. The van der Waals surface area contributed by atoms with Gasteiger partial charge in [0.1, 0.15) is 5.75 Å². The molecule has 1 N–H and O–H groups in total. The molecule has 124 valence electrons. The third-order valence-corrected chi connectivity index (χ3v) is 3.81. The van der Waals surface area contributed by atoms with Gasteiger partial charge in [0.05, 0.1) is 0 Å². The number of methoxy groups -OCH3 is 1. The SMILES string of the molecule is COC(C)(Cc1cccc(OS(=O)(=O)C(F)(F)F)c1)C(=O)O. The number of carbonyl (C=O) groups is 1. The molecular weight excluding hydrogens is 329 g/mol. The van der Waals surface area contributed by atoms with Crippen molar-refractivity contribution in [2.45, 2.75) is 24.5 Å². The molecule has 10 heteroatoms. The lowest BCUT2D eigenvalue weighted by Crippen LogP contribution is -2.39. The van der Waals surface area contributed by atoms with Gasteiger partial charge in [0.15, 0.2) is 5.60 Å². The molecule has 6 nitrogen and oxygen atoms in total. The third kappa shape index (κ3) is 4.10. The van der Waals surface area contributed by atoms with Gasteiger partial charge in [-0.05, 0) is 24.6 Å². The molecule has 0 aliphatic rings. The summed E-state index contributed by atoms with van der Waals surface area (Å²) in [5.41, 5.74) is -6.92. The minimum atomic E-state index is -5.78. The Hall–Kier alpha value is -1.81. The van der Waals surface area contributed by atoms with Gasteiger partial charge in [-0.1, -0.05) is 12.1 Å². The maximum atomic E-state index is 12.2. The van der Waals surface area contributed by atoms with Crippen molar-refractivity contribution in [3.05, 3.63) is 29.8 Å². The standard InChI is InChI=1S/C12H13F3O6S/c1-11(20-2,10(16)17)7-8-4-3-5-9(6-8)21-22(18,19)12(13,14)15/h3-6H,7H2,1-2H3,(H,16,17). The number of carboxylic acid groups (broad SMARTS) is 1. The van der Waals surface area contributed by atoms with Crippen LogP contribution in [-0.2, 0) is 26.1 Å². The molecule has 1 atom stereocenters. The van der Waals surface area contributed by atoms with Gasteiger partial charge in [0.2, 0.25) is 0 Å². The highest BCUT2D eigenvalue weighted by Crippen LogP contribution is 2.28. The number of ether oxygens (including phenoxy) is 1.